The van der Waals surface area contributed by atoms with Gasteiger partial charge < -0.3 is 24.6 Å². The molecule has 3 aliphatic heterocycles. The number of ether oxygens (including phenoxy) is 3. The highest BCUT2D eigenvalue weighted by Gasteiger charge is 2.52. The Balaban J connectivity index is 1.02. The van der Waals surface area contributed by atoms with Crippen LogP contribution in [0, 0.1) is 23.7 Å². The van der Waals surface area contributed by atoms with Crippen LogP contribution in [0.1, 0.15) is 37.7 Å². The van der Waals surface area contributed by atoms with Crippen LogP contribution >= 0.6 is 11.3 Å². The maximum atomic E-state index is 13.3. The van der Waals surface area contributed by atoms with Gasteiger partial charge in [0.05, 0.1) is 40.9 Å². The average Bonchev–Trinajstić information content (AvgIpc) is 3.66. The summed E-state index contributed by atoms with van der Waals surface area (Å²) in [4.78, 5) is 18.0. The lowest BCUT2D eigenvalue weighted by Gasteiger charge is -2.36. The zero-order valence-electron chi connectivity index (χ0n) is 23.8. The third-order valence-corrected chi connectivity index (χ3v) is 11.6. The molecule has 1 aromatic heterocycles. The molecular weight excluding hydrogens is 590 g/mol. The Morgan fingerprint density at radius 1 is 1.07 bits per heavy atom. The van der Waals surface area contributed by atoms with Gasteiger partial charge in [-0.05, 0) is 55.9 Å². The molecule has 3 saturated heterocycles. The normalized spacial score (nSPS) is 28.0. The van der Waals surface area contributed by atoms with Gasteiger partial charge in [0.15, 0.2) is 11.4 Å². The Morgan fingerprint density at radius 2 is 1.88 bits per heavy atom. The van der Waals surface area contributed by atoms with Crippen molar-refractivity contribution in [1.82, 2.24) is 9.71 Å². The van der Waals surface area contributed by atoms with Crippen LogP contribution in [0.15, 0.2) is 53.4 Å². The topological polar surface area (TPSA) is 136 Å². The van der Waals surface area contributed by atoms with Crippen LogP contribution in [0.3, 0.4) is 0 Å². The van der Waals surface area contributed by atoms with Crippen molar-refractivity contribution in [2.24, 2.45) is 23.7 Å². The molecule has 4 bridgehead atoms. The van der Waals surface area contributed by atoms with Gasteiger partial charge in [-0.15, -0.1) is 0 Å². The molecule has 5 fully saturated rings. The SMILES string of the molecule is O=C(C[C@@H](Cc1ccccc1)[C@H](O)CNS(=O)(=O)c1ccc2nc(NC3CC3)sc2c1)OC1C2CCC3C(OC2)OCC31. The molecule has 12 heteroatoms. The summed E-state index contributed by atoms with van der Waals surface area (Å²) in [6.45, 7) is 0.800. The molecule has 5 unspecified atom stereocenters. The molecule has 2 aromatic carbocycles. The Kier molecular flexibility index (Phi) is 8.17. The quantitative estimate of drug-likeness (QED) is 0.257. The largest absolute Gasteiger partial charge is 0.462 e. The molecule has 43 heavy (non-hydrogen) atoms. The number of rotatable bonds is 12. The van der Waals surface area contributed by atoms with Gasteiger partial charge in [-0.25, -0.2) is 18.1 Å². The number of carbonyl (C=O) groups excluding carboxylic acids is 1. The van der Waals surface area contributed by atoms with E-state index >= 15 is 0 Å². The second-order valence-corrected chi connectivity index (χ2v) is 15.1. The molecule has 7 atom stereocenters. The van der Waals surface area contributed by atoms with Gasteiger partial charge in [0.2, 0.25) is 10.0 Å². The maximum absolute atomic E-state index is 13.3. The summed E-state index contributed by atoms with van der Waals surface area (Å²) in [5.41, 5.74) is 1.68. The second-order valence-electron chi connectivity index (χ2n) is 12.3. The summed E-state index contributed by atoms with van der Waals surface area (Å²) in [5.74, 6) is -0.447. The van der Waals surface area contributed by atoms with Crippen LogP contribution in [0.5, 0.6) is 0 Å². The molecule has 0 spiro atoms. The number of sulfonamides is 1. The number of aliphatic hydroxyl groups is 1. The summed E-state index contributed by atoms with van der Waals surface area (Å²) in [6.07, 6.45) is 2.96. The Morgan fingerprint density at radius 3 is 2.70 bits per heavy atom. The molecule has 3 aromatic rings. The number of nitrogens with zero attached hydrogens (tertiary/aromatic N) is 1. The molecular formula is C31H37N3O7S2. The van der Waals surface area contributed by atoms with Crippen molar-refractivity contribution in [3.8, 4) is 0 Å². The van der Waals surface area contributed by atoms with E-state index in [1.165, 1.54) is 17.4 Å². The average molecular weight is 628 g/mol. The van der Waals surface area contributed by atoms with Gasteiger partial charge in [-0.2, -0.15) is 0 Å². The fourth-order valence-corrected chi connectivity index (χ4v) is 8.81. The van der Waals surface area contributed by atoms with E-state index < -0.39 is 28.0 Å². The number of aromatic nitrogens is 1. The van der Waals surface area contributed by atoms with Gasteiger partial charge in [0.1, 0.15) is 6.10 Å². The summed E-state index contributed by atoms with van der Waals surface area (Å²) in [7, 11) is -3.92. The molecule has 10 nitrogen and oxygen atoms in total. The van der Waals surface area contributed by atoms with Gasteiger partial charge in [-0.3, -0.25) is 4.79 Å². The number of carbonyl (C=O) groups is 1. The molecule has 5 aliphatic rings. The minimum absolute atomic E-state index is 0.0346. The van der Waals surface area contributed by atoms with E-state index in [-0.39, 0.29) is 48.0 Å². The van der Waals surface area contributed by atoms with E-state index in [9.17, 15) is 18.3 Å². The van der Waals surface area contributed by atoms with E-state index in [2.05, 4.69) is 15.0 Å². The number of esters is 1. The van der Waals surface area contributed by atoms with Crippen molar-refractivity contribution < 1.29 is 32.5 Å². The number of nitrogens with one attached hydrogen (secondary N) is 2. The van der Waals surface area contributed by atoms with E-state index in [4.69, 9.17) is 14.2 Å². The molecule has 230 valence electrons. The Hall–Kier alpha value is -2.61. The molecule has 0 radical (unpaired) electrons. The number of anilines is 1. The van der Waals surface area contributed by atoms with Gasteiger partial charge in [-0.1, -0.05) is 41.7 Å². The molecule has 3 N–H and O–H groups in total. The zero-order chi connectivity index (χ0) is 29.6. The lowest BCUT2D eigenvalue weighted by atomic mass is 9.74. The van der Waals surface area contributed by atoms with Crippen LogP contribution < -0.4 is 10.0 Å². The van der Waals surface area contributed by atoms with E-state index in [1.807, 2.05) is 30.3 Å². The minimum Gasteiger partial charge on any atom is -0.462 e. The van der Waals surface area contributed by atoms with Crippen LogP contribution in [0.25, 0.3) is 10.2 Å². The van der Waals surface area contributed by atoms with E-state index in [1.54, 1.807) is 12.1 Å². The fraction of sp³-hybridized carbons (Fsp3) is 0.548. The molecule has 2 aliphatic carbocycles. The predicted molar refractivity (Wildman–Crippen MR) is 161 cm³/mol. The number of benzene rings is 2. The summed E-state index contributed by atoms with van der Waals surface area (Å²) in [6, 6.07) is 14.9. The second kappa shape index (κ2) is 12.1. The molecule has 0 amide bonds. The molecule has 2 saturated carbocycles. The smallest absolute Gasteiger partial charge is 0.306 e. The van der Waals surface area contributed by atoms with Gasteiger partial charge >= 0.3 is 5.97 Å². The Bertz CT molecular complexity index is 1560. The first-order valence-electron chi connectivity index (χ1n) is 15.1. The van der Waals surface area contributed by atoms with Gasteiger partial charge in [0, 0.05) is 36.3 Å². The van der Waals surface area contributed by atoms with Crippen LogP contribution in [-0.2, 0) is 35.4 Å². The Labute approximate surface area is 255 Å². The van der Waals surface area contributed by atoms with Crippen LogP contribution in [0.2, 0.25) is 0 Å². The van der Waals surface area contributed by atoms with Crippen LogP contribution in [-0.4, -0.2) is 68.8 Å². The summed E-state index contributed by atoms with van der Waals surface area (Å²) < 4.78 is 47.6. The van der Waals surface area contributed by atoms with Crippen LogP contribution in [0.4, 0.5) is 5.13 Å². The van der Waals surface area contributed by atoms with E-state index in [0.29, 0.717) is 25.7 Å². The van der Waals surface area contributed by atoms with Crippen molar-refractivity contribution in [1.29, 1.82) is 0 Å². The number of thiazole rings is 1. The van der Waals surface area contributed by atoms with Crippen molar-refractivity contribution >= 4 is 42.7 Å². The first-order chi connectivity index (χ1) is 20.8. The standard InChI is InChI=1S/C31H37N3O7S2/c35-26(15-32-43(37,38)22-9-11-25-27(14-22)42-31(34-25)33-21-7-8-21)20(12-18-4-2-1-3-5-18)13-28(36)41-29-19-6-10-23-24(29)17-40-30(23)39-16-19/h1-5,9,11,14,19-21,23-24,26,29-30,32,35H,6-8,10,12-13,15-17H2,(H,33,34)/t19?,20-,23?,24?,26-,29?,30?/m1/s1. The first-order valence-corrected chi connectivity index (χ1v) is 17.4. The minimum atomic E-state index is -3.92. The predicted octanol–water partition coefficient (Wildman–Crippen LogP) is 3.70. The highest BCUT2D eigenvalue weighted by molar-refractivity contribution is 7.89. The fourth-order valence-electron chi connectivity index (χ4n) is 6.67. The monoisotopic (exact) mass is 627 g/mol. The zero-order valence-corrected chi connectivity index (χ0v) is 25.4. The number of fused-ring (bicyclic) bond motifs is 3. The highest BCUT2D eigenvalue weighted by atomic mass is 32.2. The van der Waals surface area contributed by atoms with Crippen molar-refractivity contribution in [2.45, 2.75) is 68.0 Å². The summed E-state index contributed by atoms with van der Waals surface area (Å²) in [5, 5.41) is 15.4. The lowest BCUT2D eigenvalue weighted by Crippen LogP contribution is -2.43. The van der Waals surface area contributed by atoms with Crippen molar-refractivity contribution in [2.75, 3.05) is 25.1 Å². The number of hydrogen-bond acceptors (Lipinski definition) is 10. The summed E-state index contributed by atoms with van der Waals surface area (Å²) >= 11 is 1.43. The van der Waals surface area contributed by atoms with Crippen molar-refractivity contribution in [3.05, 3.63) is 54.1 Å². The van der Waals surface area contributed by atoms with Crippen molar-refractivity contribution in [3.63, 3.8) is 0 Å². The highest BCUT2D eigenvalue weighted by Crippen LogP contribution is 2.46. The third kappa shape index (κ3) is 6.45. The maximum Gasteiger partial charge on any atom is 0.306 e. The number of hydrogen-bond donors (Lipinski definition) is 3. The lowest BCUT2D eigenvalue weighted by molar-refractivity contribution is -0.165. The molecule has 8 rings (SSSR count). The number of aliphatic hydroxyl groups excluding tert-OH is 1. The molecule has 4 heterocycles. The van der Waals surface area contributed by atoms with Gasteiger partial charge in [0.25, 0.3) is 0 Å². The van der Waals surface area contributed by atoms with E-state index in [0.717, 1.165) is 46.6 Å². The first kappa shape index (κ1) is 29.1. The third-order valence-electron chi connectivity index (χ3n) is 9.22.